The van der Waals surface area contributed by atoms with Crippen molar-refractivity contribution in [2.75, 3.05) is 39.0 Å². The van der Waals surface area contributed by atoms with Gasteiger partial charge in [-0.1, -0.05) is 6.07 Å². The smallest absolute Gasteiger partial charge is 0.410 e. The molecule has 0 spiro atoms. The van der Waals surface area contributed by atoms with Crippen molar-refractivity contribution in [3.8, 4) is 16.2 Å². The van der Waals surface area contributed by atoms with Gasteiger partial charge in [-0.15, -0.1) is 11.3 Å². The van der Waals surface area contributed by atoms with Gasteiger partial charge in [0.15, 0.2) is 5.82 Å². The molecule has 1 aromatic carbocycles. The molecule has 0 radical (unpaired) electrons. The number of thiophene rings is 1. The van der Waals surface area contributed by atoms with Crippen LogP contribution in [-0.2, 0) is 11.3 Å². The lowest BCUT2D eigenvalue weighted by molar-refractivity contribution is 0.0138. The Morgan fingerprint density at radius 2 is 1.89 bits per heavy atom. The maximum Gasteiger partial charge on any atom is 0.410 e. The highest BCUT2D eigenvalue weighted by Crippen LogP contribution is 2.42. The van der Waals surface area contributed by atoms with Gasteiger partial charge in [-0.3, -0.25) is 4.90 Å². The number of anilines is 1. The molecule has 10 heteroatoms. The van der Waals surface area contributed by atoms with E-state index in [1.165, 1.54) is 6.33 Å². The normalized spacial score (nSPS) is 15.1. The van der Waals surface area contributed by atoms with Crippen molar-refractivity contribution in [3.63, 3.8) is 0 Å². The molecule has 2 N–H and O–H groups in total. The number of piperazine rings is 1. The summed E-state index contributed by atoms with van der Waals surface area (Å²) < 4.78 is 14.2. The Morgan fingerprint density at radius 1 is 1.14 bits per heavy atom. The number of aryl methyl sites for hydroxylation is 1. The molecule has 0 aliphatic carbocycles. The lowest BCUT2D eigenvalue weighted by Gasteiger charge is -2.35. The molecule has 4 aromatic rings. The molecule has 1 aliphatic heterocycles. The summed E-state index contributed by atoms with van der Waals surface area (Å²) in [4.78, 5) is 21.9. The first-order valence-electron chi connectivity index (χ1n) is 12.0. The zero-order valence-corrected chi connectivity index (χ0v) is 22.2. The summed E-state index contributed by atoms with van der Waals surface area (Å²) in [6, 6.07) is 8.56. The molecule has 190 valence electrons. The minimum absolute atomic E-state index is 0.256. The summed E-state index contributed by atoms with van der Waals surface area (Å²) in [6.45, 7) is 11.2. The van der Waals surface area contributed by atoms with Crippen LogP contribution in [0.15, 0.2) is 30.6 Å². The summed E-state index contributed by atoms with van der Waals surface area (Å²) in [5.41, 5.74) is 9.86. The van der Waals surface area contributed by atoms with Crippen LogP contribution >= 0.6 is 11.3 Å². The Kier molecular flexibility index (Phi) is 6.25. The van der Waals surface area contributed by atoms with Crippen LogP contribution in [0.3, 0.4) is 0 Å². The van der Waals surface area contributed by atoms with Crippen LogP contribution in [0.5, 0.6) is 5.75 Å². The number of aromatic nitrogens is 3. The SMILES string of the molecule is COc1cc(C)cc2cc(-c3cc(CN4CCN(C(=O)OC(C)(C)C)CC4)n4ncnc(N)c34)sc12. The number of methoxy groups -OCH3 is 1. The van der Waals surface area contributed by atoms with Gasteiger partial charge in [-0.25, -0.2) is 14.3 Å². The van der Waals surface area contributed by atoms with E-state index in [1.807, 2.05) is 25.3 Å². The van der Waals surface area contributed by atoms with E-state index in [9.17, 15) is 4.79 Å². The summed E-state index contributed by atoms with van der Waals surface area (Å²) >= 11 is 1.68. The van der Waals surface area contributed by atoms with Gasteiger partial charge in [0.2, 0.25) is 0 Å². The lowest BCUT2D eigenvalue weighted by atomic mass is 10.1. The Balaban J connectivity index is 1.43. The second kappa shape index (κ2) is 9.25. The third-order valence-corrected chi connectivity index (χ3v) is 7.48. The van der Waals surface area contributed by atoms with Crippen LogP contribution in [0.2, 0.25) is 0 Å². The fraction of sp³-hybridized carbons (Fsp3) is 0.423. The maximum atomic E-state index is 12.4. The van der Waals surface area contributed by atoms with E-state index in [0.29, 0.717) is 25.5 Å². The number of nitrogens with zero attached hydrogens (tertiary/aromatic N) is 5. The molecule has 0 saturated carbocycles. The third-order valence-electron chi connectivity index (χ3n) is 6.28. The largest absolute Gasteiger partial charge is 0.495 e. The highest BCUT2D eigenvalue weighted by Gasteiger charge is 2.27. The van der Waals surface area contributed by atoms with Crippen molar-refractivity contribution in [3.05, 3.63) is 41.9 Å². The van der Waals surface area contributed by atoms with E-state index in [2.05, 4.69) is 46.2 Å². The number of hydrogen-bond donors (Lipinski definition) is 1. The molecule has 3 aromatic heterocycles. The fourth-order valence-electron chi connectivity index (χ4n) is 4.63. The average molecular weight is 509 g/mol. The van der Waals surface area contributed by atoms with Crippen LogP contribution in [0.25, 0.3) is 26.0 Å². The molecule has 1 saturated heterocycles. The number of ether oxygens (including phenoxy) is 2. The van der Waals surface area contributed by atoms with Gasteiger partial charge in [0.25, 0.3) is 0 Å². The predicted molar refractivity (Wildman–Crippen MR) is 143 cm³/mol. The lowest BCUT2D eigenvalue weighted by Crippen LogP contribution is -2.49. The number of carbonyl (C=O) groups is 1. The zero-order chi connectivity index (χ0) is 25.6. The van der Waals surface area contributed by atoms with Crippen LogP contribution in [-0.4, -0.2) is 69.4 Å². The molecule has 9 nitrogen and oxygen atoms in total. The van der Waals surface area contributed by atoms with Crippen molar-refractivity contribution < 1.29 is 14.3 Å². The summed E-state index contributed by atoms with van der Waals surface area (Å²) in [6.07, 6.45) is 1.24. The van der Waals surface area contributed by atoms with Crippen molar-refractivity contribution in [1.82, 2.24) is 24.4 Å². The molecule has 1 amide bonds. The van der Waals surface area contributed by atoms with Gasteiger partial charge in [-0.2, -0.15) is 5.10 Å². The van der Waals surface area contributed by atoms with E-state index >= 15 is 0 Å². The van der Waals surface area contributed by atoms with Gasteiger partial charge in [0.05, 0.1) is 17.5 Å². The summed E-state index contributed by atoms with van der Waals surface area (Å²) in [5, 5.41) is 5.67. The number of nitrogens with two attached hydrogens (primary N) is 1. The van der Waals surface area contributed by atoms with E-state index < -0.39 is 5.60 Å². The van der Waals surface area contributed by atoms with Crippen LogP contribution in [0.4, 0.5) is 10.6 Å². The van der Waals surface area contributed by atoms with Crippen LogP contribution in [0.1, 0.15) is 32.0 Å². The number of nitrogen functional groups attached to an aromatic ring is 1. The summed E-state index contributed by atoms with van der Waals surface area (Å²) in [7, 11) is 1.70. The number of carbonyl (C=O) groups excluding carboxylic acids is 1. The van der Waals surface area contributed by atoms with E-state index in [4.69, 9.17) is 15.2 Å². The van der Waals surface area contributed by atoms with Crippen LogP contribution in [0, 0.1) is 6.92 Å². The first-order valence-corrected chi connectivity index (χ1v) is 12.8. The van der Waals surface area contributed by atoms with Crippen molar-refractivity contribution >= 4 is 38.9 Å². The first kappa shape index (κ1) is 24.3. The van der Waals surface area contributed by atoms with Gasteiger partial charge in [0, 0.05) is 43.2 Å². The quantitative estimate of drug-likeness (QED) is 0.431. The molecule has 1 aliphatic rings. The fourth-order valence-corrected chi connectivity index (χ4v) is 5.78. The second-order valence-electron chi connectivity index (χ2n) is 10.2. The van der Waals surface area contributed by atoms with E-state index in [-0.39, 0.29) is 6.09 Å². The monoisotopic (exact) mass is 508 g/mol. The molecule has 0 bridgehead atoms. The Bertz CT molecular complexity index is 1430. The predicted octanol–water partition coefficient (Wildman–Crippen LogP) is 4.56. The maximum absolute atomic E-state index is 12.4. The summed E-state index contributed by atoms with van der Waals surface area (Å²) in [5.74, 6) is 1.32. The minimum atomic E-state index is -0.496. The van der Waals surface area contributed by atoms with Gasteiger partial charge in [0.1, 0.15) is 23.2 Å². The average Bonchev–Trinajstić information content (AvgIpc) is 3.40. The molecule has 0 atom stereocenters. The van der Waals surface area contributed by atoms with E-state index in [0.717, 1.165) is 56.1 Å². The van der Waals surface area contributed by atoms with Gasteiger partial charge < -0.3 is 20.1 Å². The molecule has 36 heavy (non-hydrogen) atoms. The number of amides is 1. The third kappa shape index (κ3) is 4.70. The van der Waals surface area contributed by atoms with Gasteiger partial charge in [-0.05, 0) is 56.8 Å². The standard InChI is InChI=1S/C26H32N6O3S/c1-16-10-17-12-21(36-23(17)20(11-16)34-5)19-13-18(32-22(19)24(27)28-15-29-32)14-30-6-8-31(9-7-30)25(33)35-26(2,3)4/h10-13,15H,6-9,14H2,1-5H3,(H2,27,28,29). The van der Waals surface area contributed by atoms with Gasteiger partial charge >= 0.3 is 6.09 Å². The molecule has 1 fully saturated rings. The highest BCUT2D eigenvalue weighted by molar-refractivity contribution is 7.22. The number of hydrogen-bond acceptors (Lipinski definition) is 8. The zero-order valence-electron chi connectivity index (χ0n) is 21.4. The topological polar surface area (TPSA) is 98.2 Å². The Morgan fingerprint density at radius 3 is 2.58 bits per heavy atom. The number of fused-ring (bicyclic) bond motifs is 2. The van der Waals surface area contributed by atoms with Crippen molar-refractivity contribution in [1.29, 1.82) is 0 Å². The highest BCUT2D eigenvalue weighted by atomic mass is 32.1. The molecule has 4 heterocycles. The Hall–Kier alpha value is -3.37. The second-order valence-corrected chi connectivity index (χ2v) is 11.2. The molecular formula is C26H32N6O3S. The number of benzene rings is 1. The van der Waals surface area contributed by atoms with Crippen LogP contribution < -0.4 is 10.5 Å². The minimum Gasteiger partial charge on any atom is -0.495 e. The molecular weight excluding hydrogens is 476 g/mol. The Labute approximate surface area is 214 Å². The van der Waals surface area contributed by atoms with E-state index in [1.54, 1.807) is 23.3 Å². The number of rotatable bonds is 4. The molecule has 0 unspecified atom stereocenters. The van der Waals surface area contributed by atoms with Crippen molar-refractivity contribution in [2.24, 2.45) is 0 Å². The molecule has 5 rings (SSSR count). The van der Waals surface area contributed by atoms with Crippen molar-refractivity contribution in [2.45, 2.75) is 39.8 Å². The first-order chi connectivity index (χ1) is 17.1.